The summed E-state index contributed by atoms with van der Waals surface area (Å²) >= 11 is 0. The van der Waals surface area contributed by atoms with E-state index in [1.807, 2.05) is 0 Å². The molecule has 1 N–H and O–H groups in total. The first kappa shape index (κ1) is 11.2. The van der Waals surface area contributed by atoms with Crippen LogP contribution in [0.3, 0.4) is 0 Å². The molecule has 88 valence electrons. The number of fused-ring (bicyclic) bond motifs is 1. The highest BCUT2D eigenvalue weighted by molar-refractivity contribution is 5.86. The normalized spacial score (nSPS) is 30.4. The van der Waals surface area contributed by atoms with Crippen LogP contribution in [0.25, 0.3) is 0 Å². The summed E-state index contributed by atoms with van der Waals surface area (Å²) in [5.74, 6) is 0.614. The molecule has 0 spiro atoms. The molecule has 0 amide bonds. The van der Waals surface area contributed by atoms with Gasteiger partial charge in [0.1, 0.15) is 6.61 Å². The topological polar surface area (TPSA) is 58.9 Å². The first-order chi connectivity index (χ1) is 7.75. The Hall–Kier alpha value is -1.32. The zero-order valence-corrected chi connectivity index (χ0v) is 9.26. The highest BCUT2D eigenvalue weighted by Gasteiger charge is 2.31. The molecule has 4 nitrogen and oxygen atoms in total. The van der Waals surface area contributed by atoms with Gasteiger partial charge in [-0.2, -0.15) is 0 Å². The molecule has 0 bridgehead atoms. The summed E-state index contributed by atoms with van der Waals surface area (Å²) in [5, 5.41) is 12.5. The summed E-state index contributed by atoms with van der Waals surface area (Å²) in [6, 6.07) is 0. The minimum atomic E-state index is -0.843. The van der Waals surface area contributed by atoms with E-state index < -0.39 is 5.97 Å². The van der Waals surface area contributed by atoms with Gasteiger partial charge in [-0.1, -0.05) is 17.3 Å². The van der Waals surface area contributed by atoms with Gasteiger partial charge in [0.05, 0.1) is 12.1 Å². The Morgan fingerprint density at radius 2 is 2.00 bits per heavy atom. The van der Waals surface area contributed by atoms with Gasteiger partial charge in [-0.15, -0.1) is 0 Å². The van der Waals surface area contributed by atoms with Gasteiger partial charge in [-0.05, 0) is 37.5 Å². The van der Waals surface area contributed by atoms with Crippen molar-refractivity contribution in [2.24, 2.45) is 17.0 Å². The summed E-state index contributed by atoms with van der Waals surface area (Å²) in [6.45, 7) is 0.173. The average molecular weight is 223 g/mol. The van der Waals surface area contributed by atoms with Crippen LogP contribution in [0.4, 0.5) is 0 Å². The molecule has 4 heteroatoms. The second-order valence-corrected chi connectivity index (χ2v) is 4.51. The van der Waals surface area contributed by atoms with E-state index in [2.05, 4.69) is 17.3 Å². The van der Waals surface area contributed by atoms with Crippen LogP contribution >= 0.6 is 0 Å². The van der Waals surface area contributed by atoms with Crippen molar-refractivity contribution in [3.63, 3.8) is 0 Å². The number of carboxylic acids is 1. The summed E-state index contributed by atoms with van der Waals surface area (Å²) in [7, 11) is 0. The Morgan fingerprint density at radius 1 is 1.38 bits per heavy atom. The van der Waals surface area contributed by atoms with Crippen molar-refractivity contribution in [1.82, 2.24) is 0 Å². The lowest BCUT2D eigenvalue weighted by Crippen LogP contribution is -2.08. The molecule has 2 atom stereocenters. The molecule has 0 aromatic heterocycles. The zero-order valence-electron chi connectivity index (χ0n) is 9.26. The van der Waals surface area contributed by atoms with Gasteiger partial charge in [-0.25, -0.2) is 0 Å². The zero-order chi connectivity index (χ0) is 11.4. The van der Waals surface area contributed by atoms with Gasteiger partial charge in [0.25, 0.3) is 0 Å². The van der Waals surface area contributed by atoms with Gasteiger partial charge >= 0.3 is 5.97 Å². The molecule has 0 aromatic carbocycles. The molecule has 2 aliphatic carbocycles. The number of nitrogens with zero attached hydrogens (tertiary/aromatic N) is 1. The molecule has 2 aliphatic rings. The average Bonchev–Trinajstić information content (AvgIpc) is 2.66. The summed E-state index contributed by atoms with van der Waals surface area (Å²) < 4.78 is 0. The molecule has 2 rings (SSSR count). The van der Waals surface area contributed by atoms with Crippen molar-refractivity contribution in [1.29, 1.82) is 0 Å². The number of rotatable bonds is 4. The second kappa shape index (κ2) is 5.14. The van der Waals surface area contributed by atoms with E-state index in [1.165, 1.54) is 0 Å². The lowest BCUT2D eigenvalue weighted by Gasteiger charge is -2.18. The Kier molecular flexibility index (Phi) is 3.59. The number of hydrogen-bond acceptors (Lipinski definition) is 3. The van der Waals surface area contributed by atoms with E-state index in [0.717, 1.165) is 43.2 Å². The fraction of sp³-hybridized carbons (Fsp3) is 0.667. The lowest BCUT2D eigenvalue weighted by molar-refractivity contribution is -0.138. The van der Waals surface area contributed by atoms with Crippen LogP contribution < -0.4 is 0 Å². The summed E-state index contributed by atoms with van der Waals surface area (Å²) in [5.41, 5.74) is 1.10. The Labute approximate surface area is 95.0 Å². The van der Waals surface area contributed by atoms with Gasteiger partial charge in [-0.3, -0.25) is 4.79 Å². The van der Waals surface area contributed by atoms with Crippen molar-refractivity contribution < 1.29 is 14.7 Å². The lowest BCUT2D eigenvalue weighted by atomic mass is 9.86. The monoisotopic (exact) mass is 223 g/mol. The Morgan fingerprint density at radius 3 is 2.56 bits per heavy atom. The molecule has 0 unspecified atom stereocenters. The minimum Gasteiger partial charge on any atom is -0.481 e. The predicted octanol–water partition coefficient (Wildman–Crippen LogP) is 2.21. The van der Waals surface area contributed by atoms with Crippen LogP contribution in [0.5, 0.6) is 0 Å². The van der Waals surface area contributed by atoms with Crippen LogP contribution in [-0.4, -0.2) is 23.4 Å². The van der Waals surface area contributed by atoms with E-state index in [-0.39, 0.29) is 13.0 Å². The van der Waals surface area contributed by atoms with Crippen molar-refractivity contribution >= 4 is 11.7 Å². The third-order valence-corrected chi connectivity index (χ3v) is 3.31. The van der Waals surface area contributed by atoms with Crippen molar-refractivity contribution in [2.45, 2.75) is 32.1 Å². The maximum absolute atomic E-state index is 10.3. The third-order valence-electron chi connectivity index (χ3n) is 3.31. The number of carboxylic acid groups (broad SMARTS) is 1. The highest BCUT2D eigenvalue weighted by Crippen LogP contribution is 2.38. The largest absolute Gasteiger partial charge is 0.481 e. The van der Waals surface area contributed by atoms with Crippen LogP contribution in [-0.2, 0) is 9.63 Å². The third kappa shape index (κ3) is 2.84. The second-order valence-electron chi connectivity index (χ2n) is 4.51. The quantitative estimate of drug-likeness (QED) is 0.451. The molecule has 0 heterocycles. The van der Waals surface area contributed by atoms with Gasteiger partial charge in [0.15, 0.2) is 0 Å². The van der Waals surface area contributed by atoms with Gasteiger partial charge in [0, 0.05) is 0 Å². The van der Waals surface area contributed by atoms with Crippen molar-refractivity contribution in [3.05, 3.63) is 12.2 Å². The van der Waals surface area contributed by atoms with Gasteiger partial charge < -0.3 is 9.94 Å². The smallest absolute Gasteiger partial charge is 0.306 e. The molecule has 1 saturated carbocycles. The number of oxime groups is 1. The Balaban J connectivity index is 1.75. The maximum Gasteiger partial charge on any atom is 0.306 e. The number of allylic oxidation sites excluding steroid dienone is 2. The Bertz CT molecular complexity index is 304. The first-order valence-corrected chi connectivity index (χ1v) is 5.80. The van der Waals surface area contributed by atoms with E-state index in [0.29, 0.717) is 0 Å². The minimum absolute atomic E-state index is 0.0190. The molecule has 16 heavy (non-hydrogen) atoms. The molecular formula is C12H17NO3. The summed E-state index contributed by atoms with van der Waals surface area (Å²) in [6.07, 6.45) is 8.84. The predicted molar refractivity (Wildman–Crippen MR) is 60.2 cm³/mol. The van der Waals surface area contributed by atoms with Crippen molar-refractivity contribution in [2.75, 3.05) is 6.61 Å². The molecule has 0 saturated heterocycles. The van der Waals surface area contributed by atoms with E-state index in [1.54, 1.807) is 0 Å². The maximum atomic E-state index is 10.3. The molecule has 1 fully saturated rings. The molecule has 0 aliphatic heterocycles. The molecule has 0 aromatic rings. The first-order valence-electron chi connectivity index (χ1n) is 5.80. The van der Waals surface area contributed by atoms with Crippen molar-refractivity contribution in [3.8, 4) is 0 Å². The standard InChI is InChI=1S/C12H17NO3/c14-12(15)5-6-16-13-11-7-9-3-1-2-4-10(9)8-11/h1-2,9-10H,3-8H2,(H,14,15)/t9-,10+. The van der Waals surface area contributed by atoms with Crippen LogP contribution in [0.1, 0.15) is 32.1 Å². The fourth-order valence-corrected chi connectivity index (χ4v) is 2.46. The number of carbonyl (C=O) groups is 1. The van der Waals surface area contributed by atoms with Gasteiger partial charge in [0.2, 0.25) is 0 Å². The fourth-order valence-electron chi connectivity index (χ4n) is 2.46. The SMILES string of the molecule is O=C(O)CCON=C1C[C@H]2CC=CC[C@H]2C1. The van der Waals surface area contributed by atoms with Crippen LogP contribution in [0, 0.1) is 11.8 Å². The highest BCUT2D eigenvalue weighted by atomic mass is 16.6. The van der Waals surface area contributed by atoms with E-state index in [9.17, 15) is 4.79 Å². The van der Waals surface area contributed by atoms with E-state index in [4.69, 9.17) is 9.94 Å². The molecular weight excluding hydrogens is 206 g/mol. The number of hydrogen-bond donors (Lipinski definition) is 1. The molecule has 0 radical (unpaired) electrons. The van der Waals surface area contributed by atoms with Crippen LogP contribution in [0.15, 0.2) is 17.3 Å². The van der Waals surface area contributed by atoms with Crippen LogP contribution in [0.2, 0.25) is 0 Å². The number of aliphatic carboxylic acids is 1. The summed E-state index contributed by atoms with van der Waals surface area (Å²) in [4.78, 5) is 15.3. The van der Waals surface area contributed by atoms with E-state index >= 15 is 0 Å².